The molecule has 0 saturated heterocycles. The maximum atomic E-state index is 2.16. The molecule has 0 atom stereocenters. The second-order valence-electron chi connectivity index (χ2n) is 2.22. The van der Waals surface area contributed by atoms with Crippen LogP contribution in [0.25, 0.3) is 6.08 Å². The van der Waals surface area contributed by atoms with Crippen LogP contribution < -0.4 is 0 Å². The summed E-state index contributed by atoms with van der Waals surface area (Å²) in [6, 6.07) is 10.3. The zero-order valence-electron chi connectivity index (χ0n) is 6.25. The molecule has 0 bridgehead atoms. The highest BCUT2D eigenvalue weighted by atomic mass is 13.8. The van der Waals surface area contributed by atoms with Crippen LogP contribution in [-0.4, -0.2) is 0 Å². The minimum absolute atomic E-state index is 0. The molecule has 0 heteroatoms. The highest BCUT2D eigenvalue weighted by Crippen LogP contribution is 2.00. The third-order valence-electron chi connectivity index (χ3n) is 1.35. The van der Waals surface area contributed by atoms with Crippen LogP contribution in [0.2, 0.25) is 0 Å². The summed E-state index contributed by atoms with van der Waals surface area (Å²) in [5.74, 6) is 0. The first-order chi connectivity index (χ1) is 4.93. The predicted octanol–water partition coefficient (Wildman–Crippen LogP) is 3.75. The van der Waals surface area contributed by atoms with E-state index in [1.54, 1.807) is 0 Å². The molecular weight excluding hydrogens is 132 g/mol. The molecule has 0 heterocycles. The smallest absolute Gasteiger partial charge is 0.0260 e. The first-order valence-electron chi connectivity index (χ1n) is 3.65. The average Bonchev–Trinajstić information content (AvgIpc) is 2.03. The van der Waals surface area contributed by atoms with Crippen LogP contribution >= 0.6 is 0 Å². The van der Waals surface area contributed by atoms with Crippen LogP contribution in [0, 0.1) is 0 Å². The Morgan fingerprint density at radius 1 is 1.18 bits per heavy atom. The van der Waals surface area contributed by atoms with Crippen LogP contribution in [-0.2, 0) is 0 Å². The molecule has 60 valence electrons. The van der Waals surface area contributed by atoms with E-state index >= 15 is 0 Å². The third kappa shape index (κ3) is 3.61. The Bertz CT molecular complexity index is 197. The fourth-order valence-corrected chi connectivity index (χ4v) is 0.818. The maximum absolute atomic E-state index is 2.16. The van der Waals surface area contributed by atoms with Crippen molar-refractivity contribution in [1.82, 2.24) is 0 Å². The van der Waals surface area contributed by atoms with Gasteiger partial charge in [-0.2, -0.15) is 0 Å². The Morgan fingerprint density at radius 3 is 2.36 bits per heavy atom. The summed E-state index contributed by atoms with van der Waals surface area (Å²) >= 11 is 0. The van der Waals surface area contributed by atoms with Crippen LogP contribution in [0.4, 0.5) is 0 Å². The van der Waals surface area contributed by atoms with Gasteiger partial charge in [0.15, 0.2) is 0 Å². The summed E-state index contributed by atoms with van der Waals surface area (Å²) in [6.07, 6.45) is 5.41. The molecule has 0 N–H and O–H groups in total. The van der Waals surface area contributed by atoms with Gasteiger partial charge in [-0.25, -0.2) is 0 Å². The van der Waals surface area contributed by atoms with Gasteiger partial charge in [-0.1, -0.05) is 56.8 Å². The lowest BCUT2D eigenvalue weighted by atomic mass is 10.2. The van der Waals surface area contributed by atoms with E-state index in [0.717, 1.165) is 6.42 Å². The van der Waals surface area contributed by atoms with Crippen molar-refractivity contribution in [2.45, 2.75) is 20.8 Å². The molecule has 0 spiro atoms. The van der Waals surface area contributed by atoms with E-state index in [-0.39, 0.29) is 7.43 Å². The number of hydrogen-bond acceptors (Lipinski definition) is 0. The van der Waals surface area contributed by atoms with Gasteiger partial charge in [0.2, 0.25) is 0 Å². The minimum atomic E-state index is 0. The largest absolute Gasteiger partial charge is 0.0842 e. The van der Waals surface area contributed by atoms with Gasteiger partial charge in [0.25, 0.3) is 0 Å². The molecule has 0 aromatic heterocycles. The quantitative estimate of drug-likeness (QED) is 0.599. The van der Waals surface area contributed by atoms with Crippen molar-refractivity contribution >= 4 is 6.08 Å². The lowest BCUT2D eigenvalue weighted by Gasteiger charge is -1.88. The Hall–Kier alpha value is -1.04. The summed E-state index contributed by atoms with van der Waals surface area (Å²) in [5.41, 5.74) is 1.28. The van der Waals surface area contributed by atoms with E-state index < -0.39 is 0 Å². The van der Waals surface area contributed by atoms with Gasteiger partial charge in [0.05, 0.1) is 0 Å². The van der Waals surface area contributed by atoms with E-state index in [1.165, 1.54) is 5.56 Å². The van der Waals surface area contributed by atoms with Crippen LogP contribution in [0.3, 0.4) is 0 Å². The van der Waals surface area contributed by atoms with Crippen molar-refractivity contribution in [2.75, 3.05) is 0 Å². The summed E-state index contributed by atoms with van der Waals surface area (Å²) < 4.78 is 0. The molecular formula is C11H16. The minimum Gasteiger partial charge on any atom is -0.0842 e. The van der Waals surface area contributed by atoms with Crippen LogP contribution in [0.1, 0.15) is 26.3 Å². The molecule has 0 amide bonds. The molecule has 0 fully saturated rings. The van der Waals surface area contributed by atoms with Crippen molar-refractivity contribution in [1.29, 1.82) is 0 Å². The molecule has 0 aliphatic heterocycles. The lowest BCUT2D eigenvalue weighted by Crippen LogP contribution is -1.66. The monoisotopic (exact) mass is 148 g/mol. The van der Waals surface area contributed by atoms with E-state index in [9.17, 15) is 0 Å². The number of hydrogen-bond donors (Lipinski definition) is 0. The Morgan fingerprint density at radius 2 is 1.82 bits per heavy atom. The molecule has 1 rings (SSSR count). The standard InChI is InChI=1S/C10H12.CH4/c1-2-3-7-10-8-5-4-6-9-10;/h3-9H,2H2,1H3;1H4/b7-3-;. The summed E-state index contributed by atoms with van der Waals surface area (Å²) in [7, 11) is 0. The lowest BCUT2D eigenvalue weighted by molar-refractivity contribution is 1.23. The highest BCUT2D eigenvalue weighted by molar-refractivity contribution is 5.48. The Kier molecular flexibility index (Phi) is 5.18. The topological polar surface area (TPSA) is 0 Å². The first kappa shape index (κ1) is 9.96. The summed E-state index contributed by atoms with van der Waals surface area (Å²) in [6.45, 7) is 2.14. The van der Waals surface area contributed by atoms with E-state index in [2.05, 4.69) is 43.3 Å². The van der Waals surface area contributed by atoms with Crippen molar-refractivity contribution < 1.29 is 0 Å². The highest BCUT2D eigenvalue weighted by Gasteiger charge is 1.78. The molecule has 0 aliphatic rings. The zero-order chi connectivity index (χ0) is 7.23. The SMILES string of the molecule is C.CC/C=C\c1ccccc1. The summed E-state index contributed by atoms with van der Waals surface area (Å²) in [5, 5.41) is 0. The molecule has 0 saturated carbocycles. The Labute approximate surface area is 69.6 Å². The van der Waals surface area contributed by atoms with E-state index in [4.69, 9.17) is 0 Å². The molecule has 0 nitrogen and oxygen atoms in total. The molecule has 0 radical (unpaired) electrons. The second-order valence-corrected chi connectivity index (χ2v) is 2.22. The van der Waals surface area contributed by atoms with Gasteiger partial charge in [-0.05, 0) is 12.0 Å². The van der Waals surface area contributed by atoms with Gasteiger partial charge in [0.1, 0.15) is 0 Å². The van der Waals surface area contributed by atoms with Gasteiger partial charge in [-0.3, -0.25) is 0 Å². The number of rotatable bonds is 2. The van der Waals surface area contributed by atoms with Crippen LogP contribution in [0.15, 0.2) is 36.4 Å². The summed E-state index contributed by atoms with van der Waals surface area (Å²) in [4.78, 5) is 0. The molecule has 0 unspecified atom stereocenters. The predicted molar refractivity (Wildman–Crippen MR) is 52.5 cm³/mol. The number of allylic oxidation sites excluding steroid dienone is 1. The van der Waals surface area contributed by atoms with Crippen LogP contribution in [0.5, 0.6) is 0 Å². The molecule has 11 heavy (non-hydrogen) atoms. The average molecular weight is 148 g/mol. The fraction of sp³-hybridized carbons (Fsp3) is 0.273. The van der Waals surface area contributed by atoms with Gasteiger partial charge >= 0.3 is 0 Å². The van der Waals surface area contributed by atoms with Gasteiger partial charge < -0.3 is 0 Å². The van der Waals surface area contributed by atoms with Crippen molar-refractivity contribution in [3.05, 3.63) is 42.0 Å². The van der Waals surface area contributed by atoms with E-state index in [1.807, 2.05) is 6.07 Å². The maximum Gasteiger partial charge on any atom is -0.0260 e. The molecule has 1 aromatic carbocycles. The normalized spacial score (nSPS) is 9.55. The van der Waals surface area contributed by atoms with Crippen molar-refractivity contribution in [3.8, 4) is 0 Å². The molecule has 0 aliphatic carbocycles. The Balaban J connectivity index is 0.000001000. The number of benzene rings is 1. The molecule has 1 aromatic rings. The van der Waals surface area contributed by atoms with Gasteiger partial charge in [0, 0.05) is 0 Å². The fourth-order valence-electron chi connectivity index (χ4n) is 0.818. The third-order valence-corrected chi connectivity index (χ3v) is 1.35. The van der Waals surface area contributed by atoms with Crippen molar-refractivity contribution in [3.63, 3.8) is 0 Å². The van der Waals surface area contributed by atoms with Gasteiger partial charge in [-0.15, -0.1) is 0 Å². The zero-order valence-corrected chi connectivity index (χ0v) is 6.25. The first-order valence-corrected chi connectivity index (χ1v) is 3.65. The second kappa shape index (κ2) is 5.72. The van der Waals surface area contributed by atoms with E-state index in [0.29, 0.717) is 0 Å². The van der Waals surface area contributed by atoms with Crippen molar-refractivity contribution in [2.24, 2.45) is 0 Å².